The van der Waals surface area contributed by atoms with Gasteiger partial charge in [0.1, 0.15) is 10.7 Å². The molecule has 102 valence electrons. The fourth-order valence-electron chi connectivity index (χ4n) is 1.50. The molecule has 20 heavy (non-hydrogen) atoms. The Labute approximate surface area is 130 Å². The summed E-state index contributed by atoms with van der Waals surface area (Å²) >= 11 is 16.5. The van der Waals surface area contributed by atoms with Gasteiger partial charge in [-0.2, -0.15) is 0 Å². The van der Waals surface area contributed by atoms with Crippen molar-refractivity contribution in [2.75, 3.05) is 5.32 Å². The number of halogens is 2. The molecule has 0 spiro atoms. The lowest BCUT2D eigenvalue weighted by molar-refractivity contribution is 0.102. The molecule has 0 aliphatic rings. The molecular formula is C13H9Cl2N3OS. The highest BCUT2D eigenvalue weighted by molar-refractivity contribution is 7.80. The van der Waals surface area contributed by atoms with Crippen molar-refractivity contribution in [1.82, 2.24) is 4.98 Å². The number of carbonyl (C=O) groups is 1. The lowest BCUT2D eigenvalue weighted by Crippen LogP contribution is -2.15. The van der Waals surface area contributed by atoms with Gasteiger partial charge in [-0.3, -0.25) is 9.78 Å². The van der Waals surface area contributed by atoms with Crippen LogP contribution < -0.4 is 11.1 Å². The molecule has 7 heteroatoms. The first-order valence-corrected chi connectivity index (χ1v) is 6.65. The van der Waals surface area contributed by atoms with Gasteiger partial charge in [-0.15, -0.1) is 0 Å². The minimum atomic E-state index is -0.377. The molecule has 1 amide bonds. The standard InChI is InChI=1S/C13H9Cl2N3OS/c14-8-3-9(15)5-10(4-8)18-13(19)11-2-1-7(6-17-11)12(16)20/h1-6H,(H2,16,20)(H,18,19). The predicted molar refractivity (Wildman–Crippen MR) is 84.5 cm³/mol. The zero-order valence-corrected chi connectivity index (χ0v) is 12.4. The number of hydrogen-bond donors (Lipinski definition) is 2. The average Bonchev–Trinajstić information content (AvgIpc) is 2.37. The molecule has 0 atom stereocenters. The summed E-state index contributed by atoms with van der Waals surface area (Å²) in [6, 6.07) is 7.93. The van der Waals surface area contributed by atoms with Crippen molar-refractivity contribution < 1.29 is 4.79 Å². The van der Waals surface area contributed by atoms with Gasteiger partial charge in [0.15, 0.2) is 0 Å². The van der Waals surface area contributed by atoms with Crippen molar-refractivity contribution in [2.24, 2.45) is 5.73 Å². The molecule has 4 nitrogen and oxygen atoms in total. The molecule has 1 aromatic carbocycles. The van der Waals surface area contributed by atoms with E-state index < -0.39 is 0 Å². The van der Waals surface area contributed by atoms with Crippen molar-refractivity contribution >= 4 is 52.0 Å². The summed E-state index contributed by atoms with van der Waals surface area (Å²) in [6.07, 6.45) is 1.45. The van der Waals surface area contributed by atoms with Gasteiger partial charge in [0.05, 0.1) is 0 Å². The summed E-state index contributed by atoms with van der Waals surface area (Å²) in [7, 11) is 0. The lowest BCUT2D eigenvalue weighted by Gasteiger charge is -2.06. The summed E-state index contributed by atoms with van der Waals surface area (Å²) in [5, 5.41) is 3.52. The molecule has 0 radical (unpaired) electrons. The van der Waals surface area contributed by atoms with Crippen LogP contribution in [-0.4, -0.2) is 15.9 Å². The maximum absolute atomic E-state index is 12.0. The molecule has 0 saturated carbocycles. The Morgan fingerprint density at radius 3 is 2.35 bits per heavy atom. The Morgan fingerprint density at radius 1 is 1.20 bits per heavy atom. The smallest absolute Gasteiger partial charge is 0.274 e. The second-order valence-electron chi connectivity index (χ2n) is 3.91. The van der Waals surface area contributed by atoms with E-state index in [4.69, 9.17) is 41.2 Å². The fraction of sp³-hybridized carbons (Fsp3) is 0. The van der Waals surface area contributed by atoms with Crippen molar-refractivity contribution in [3.8, 4) is 0 Å². The molecule has 0 bridgehead atoms. The number of thiocarbonyl (C=S) groups is 1. The van der Waals surface area contributed by atoms with Crippen molar-refractivity contribution in [3.05, 3.63) is 57.8 Å². The third-order valence-electron chi connectivity index (χ3n) is 2.40. The molecule has 2 aromatic rings. The first kappa shape index (κ1) is 14.7. The van der Waals surface area contributed by atoms with E-state index in [1.807, 2.05) is 0 Å². The van der Waals surface area contributed by atoms with Gasteiger partial charge in [-0.1, -0.05) is 35.4 Å². The normalized spacial score (nSPS) is 10.1. The number of rotatable bonds is 3. The van der Waals surface area contributed by atoms with Gasteiger partial charge < -0.3 is 11.1 Å². The molecule has 0 saturated heterocycles. The van der Waals surface area contributed by atoms with Crippen LogP contribution >= 0.6 is 35.4 Å². The number of nitrogens with zero attached hydrogens (tertiary/aromatic N) is 1. The van der Waals surface area contributed by atoms with E-state index in [0.29, 0.717) is 21.3 Å². The SMILES string of the molecule is NC(=S)c1ccc(C(=O)Nc2cc(Cl)cc(Cl)c2)nc1. The van der Waals surface area contributed by atoms with E-state index in [1.165, 1.54) is 12.3 Å². The molecule has 1 heterocycles. The van der Waals surface area contributed by atoms with Crippen LogP contribution in [0.2, 0.25) is 10.0 Å². The van der Waals surface area contributed by atoms with Crippen molar-refractivity contribution in [3.63, 3.8) is 0 Å². The van der Waals surface area contributed by atoms with Crippen molar-refractivity contribution in [1.29, 1.82) is 0 Å². The Bertz CT molecular complexity index is 654. The number of pyridine rings is 1. The minimum absolute atomic E-state index is 0.228. The Kier molecular flexibility index (Phi) is 4.54. The van der Waals surface area contributed by atoms with Crippen LogP contribution in [0.3, 0.4) is 0 Å². The Morgan fingerprint density at radius 2 is 1.85 bits per heavy atom. The molecule has 2 rings (SSSR count). The van der Waals surface area contributed by atoms with E-state index in [1.54, 1.807) is 24.3 Å². The van der Waals surface area contributed by atoms with Crippen LogP contribution in [0.4, 0.5) is 5.69 Å². The quantitative estimate of drug-likeness (QED) is 0.850. The fourth-order valence-corrected chi connectivity index (χ4v) is 2.14. The maximum atomic E-state index is 12.0. The topological polar surface area (TPSA) is 68.0 Å². The lowest BCUT2D eigenvalue weighted by atomic mass is 10.2. The number of benzene rings is 1. The number of carbonyl (C=O) groups excluding carboxylic acids is 1. The van der Waals surface area contributed by atoms with E-state index in [-0.39, 0.29) is 16.6 Å². The molecule has 0 fully saturated rings. The van der Waals surface area contributed by atoms with E-state index in [0.717, 1.165) is 0 Å². The number of anilines is 1. The largest absolute Gasteiger partial charge is 0.389 e. The third-order valence-corrected chi connectivity index (χ3v) is 3.07. The molecule has 0 unspecified atom stereocenters. The summed E-state index contributed by atoms with van der Waals surface area (Å²) in [4.78, 5) is 16.2. The number of aromatic nitrogens is 1. The van der Waals surface area contributed by atoms with E-state index >= 15 is 0 Å². The van der Waals surface area contributed by atoms with Gasteiger partial charge in [-0.05, 0) is 30.3 Å². The van der Waals surface area contributed by atoms with Gasteiger partial charge >= 0.3 is 0 Å². The molecule has 3 N–H and O–H groups in total. The number of nitrogens with one attached hydrogen (secondary N) is 1. The average molecular weight is 326 g/mol. The highest BCUT2D eigenvalue weighted by atomic mass is 35.5. The highest BCUT2D eigenvalue weighted by Crippen LogP contribution is 2.22. The first-order valence-electron chi connectivity index (χ1n) is 5.49. The molecule has 0 aliphatic carbocycles. The third kappa shape index (κ3) is 3.66. The summed E-state index contributed by atoms with van der Waals surface area (Å²) in [5.41, 5.74) is 6.79. The van der Waals surface area contributed by atoms with Crippen LogP contribution in [0.15, 0.2) is 36.5 Å². The predicted octanol–water partition coefficient (Wildman–Crippen LogP) is 3.27. The van der Waals surface area contributed by atoms with E-state index in [9.17, 15) is 4.79 Å². The maximum Gasteiger partial charge on any atom is 0.274 e. The van der Waals surface area contributed by atoms with Crippen LogP contribution in [-0.2, 0) is 0 Å². The second kappa shape index (κ2) is 6.17. The molecular weight excluding hydrogens is 317 g/mol. The van der Waals surface area contributed by atoms with Crippen LogP contribution in [0.25, 0.3) is 0 Å². The molecule has 1 aromatic heterocycles. The minimum Gasteiger partial charge on any atom is -0.389 e. The van der Waals surface area contributed by atoms with Gasteiger partial charge in [0.2, 0.25) is 0 Å². The zero-order valence-electron chi connectivity index (χ0n) is 10.1. The highest BCUT2D eigenvalue weighted by Gasteiger charge is 2.09. The monoisotopic (exact) mass is 325 g/mol. The summed E-state index contributed by atoms with van der Waals surface area (Å²) < 4.78 is 0. The Hall–Kier alpha value is -1.69. The number of amides is 1. The van der Waals surface area contributed by atoms with Gasteiger partial charge in [0.25, 0.3) is 5.91 Å². The van der Waals surface area contributed by atoms with E-state index in [2.05, 4.69) is 10.3 Å². The summed E-state index contributed by atoms with van der Waals surface area (Å²) in [5.74, 6) is -0.377. The van der Waals surface area contributed by atoms with Gasteiger partial charge in [0, 0.05) is 27.5 Å². The van der Waals surface area contributed by atoms with Crippen LogP contribution in [0, 0.1) is 0 Å². The number of nitrogens with two attached hydrogens (primary N) is 1. The zero-order chi connectivity index (χ0) is 14.7. The van der Waals surface area contributed by atoms with Crippen LogP contribution in [0.1, 0.15) is 16.1 Å². The van der Waals surface area contributed by atoms with Crippen molar-refractivity contribution in [2.45, 2.75) is 0 Å². The van der Waals surface area contributed by atoms with Gasteiger partial charge in [-0.25, -0.2) is 0 Å². The summed E-state index contributed by atoms with van der Waals surface area (Å²) in [6.45, 7) is 0. The van der Waals surface area contributed by atoms with Crippen LogP contribution in [0.5, 0.6) is 0 Å². The molecule has 0 aliphatic heterocycles. The second-order valence-corrected chi connectivity index (χ2v) is 5.22. The number of hydrogen-bond acceptors (Lipinski definition) is 3. The first-order chi connectivity index (χ1) is 9.45. The Balaban J connectivity index is 2.17.